The SMILES string of the molecule is CN=C(NCCCn1ccc2ccccc21)NCC(C)(C)CCS(C)(=O)=O.I. The zero-order chi connectivity index (χ0) is 19.9. The molecule has 2 aromatic rings. The number of rotatable bonds is 9. The number of para-hydroxylation sites is 1. The normalized spacial score (nSPS) is 12.6. The van der Waals surface area contributed by atoms with Crippen LogP contribution in [0.3, 0.4) is 0 Å². The van der Waals surface area contributed by atoms with Gasteiger partial charge in [-0.05, 0) is 35.8 Å². The van der Waals surface area contributed by atoms with Crippen molar-refractivity contribution in [2.24, 2.45) is 10.4 Å². The second kappa shape index (κ2) is 11.0. The van der Waals surface area contributed by atoms with Crippen molar-refractivity contribution in [2.45, 2.75) is 33.2 Å². The molecule has 0 unspecified atom stereocenters. The molecule has 1 aromatic carbocycles. The van der Waals surface area contributed by atoms with Crippen molar-refractivity contribution in [3.8, 4) is 0 Å². The lowest BCUT2D eigenvalue weighted by atomic mass is 9.90. The average Bonchev–Trinajstić information content (AvgIpc) is 3.02. The highest BCUT2D eigenvalue weighted by Gasteiger charge is 2.20. The van der Waals surface area contributed by atoms with Gasteiger partial charge in [0.05, 0.1) is 5.75 Å². The Balaban J connectivity index is 0.00000392. The molecule has 0 bridgehead atoms. The molecule has 0 spiro atoms. The fourth-order valence-electron chi connectivity index (χ4n) is 2.89. The zero-order valence-electron chi connectivity index (χ0n) is 17.2. The van der Waals surface area contributed by atoms with Crippen LogP contribution in [0.1, 0.15) is 26.7 Å². The molecule has 0 aliphatic carbocycles. The first kappa shape index (κ1) is 24.7. The van der Waals surface area contributed by atoms with Crippen molar-refractivity contribution in [3.63, 3.8) is 0 Å². The molecular formula is C20H33IN4O2S. The molecule has 0 aliphatic heterocycles. The predicted molar refractivity (Wildman–Crippen MR) is 129 cm³/mol. The molecule has 0 radical (unpaired) electrons. The number of fused-ring (bicyclic) bond motifs is 1. The molecule has 28 heavy (non-hydrogen) atoms. The smallest absolute Gasteiger partial charge is 0.190 e. The maximum Gasteiger partial charge on any atom is 0.190 e. The van der Waals surface area contributed by atoms with E-state index >= 15 is 0 Å². The van der Waals surface area contributed by atoms with E-state index in [0.29, 0.717) is 13.0 Å². The Morgan fingerprint density at radius 2 is 1.89 bits per heavy atom. The van der Waals surface area contributed by atoms with E-state index in [-0.39, 0.29) is 35.1 Å². The highest BCUT2D eigenvalue weighted by molar-refractivity contribution is 14.0. The van der Waals surface area contributed by atoms with Crippen LogP contribution >= 0.6 is 24.0 Å². The number of nitrogens with one attached hydrogen (secondary N) is 2. The van der Waals surface area contributed by atoms with Gasteiger partial charge < -0.3 is 15.2 Å². The molecule has 0 saturated heterocycles. The quantitative estimate of drug-likeness (QED) is 0.230. The number of hydrogen-bond acceptors (Lipinski definition) is 3. The van der Waals surface area contributed by atoms with Gasteiger partial charge in [0.25, 0.3) is 0 Å². The summed E-state index contributed by atoms with van der Waals surface area (Å²) in [5.41, 5.74) is 1.14. The summed E-state index contributed by atoms with van der Waals surface area (Å²) in [5, 5.41) is 7.90. The van der Waals surface area contributed by atoms with E-state index < -0.39 is 9.84 Å². The van der Waals surface area contributed by atoms with Crippen molar-refractivity contribution in [2.75, 3.05) is 32.1 Å². The molecule has 0 aliphatic rings. The lowest BCUT2D eigenvalue weighted by Gasteiger charge is -2.25. The van der Waals surface area contributed by atoms with Crippen molar-refractivity contribution < 1.29 is 8.42 Å². The van der Waals surface area contributed by atoms with E-state index in [2.05, 4.69) is 70.6 Å². The van der Waals surface area contributed by atoms with E-state index in [0.717, 1.165) is 25.5 Å². The zero-order valence-corrected chi connectivity index (χ0v) is 20.4. The summed E-state index contributed by atoms with van der Waals surface area (Å²) in [6.07, 6.45) is 5.01. The van der Waals surface area contributed by atoms with Gasteiger partial charge in [0.2, 0.25) is 0 Å². The number of aromatic nitrogens is 1. The number of nitrogens with zero attached hydrogens (tertiary/aromatic N) is 2. The minimum atomic E-state index is -2.93. The maximum atomic E-state index is 11.4. The summed E-state index contributed by atoms with van der Waals surface area (Å²) in [6, 6.07) is 10.5. The standard InChI is InChI=1S/C20H32N4O2S.HI/c1-20(2,11-15-27(4,25)26)16-23-19(21-3)22-12-7-13-24-14-10-17-8-5-6-9-18(17)24;/h5-6,8-10,14H,7,11-13,15-16H2,1-4H3,(H2,21,22,23);1H. The number of sulfone groups is 1. The van der Waals surface area contributed by atoms with Crippen molar-refractivity contribution in [1.82, 2.24) is 15.2 Å². The molecule has 1 aromatic heterocycles. The Labute approximate surface area is 186 Å². The van der Waals surface area contributed by atoms with Gasteiger partial charge >= 0.3 is 0 Å². The van der Waals surface area contributed by atoms with Gasteiger partial charge in [-0.3, -0.25) is 4.99 Å². The summed E-state index contributed by atoms with van der Waals surface area (Å²) in [4.78, 5) is 4.25. The first-order chi connectivity index (χ1) is 12.7. The summed E-state index contributed by atoms with van der Waals surface area (Å²) in [6.45, 7) is 6.56. The maximum absolute atomic E-state index is 11.4. The minimum Gasteiger partial charge on any atom is -0.356 e. The van der Waals surface area contributed by atoms with Gasteiger partial charge in [-0.15, -0.1) is 24.0 Å². The van der Waals surface area contributed by atoms with E-state index in [1.165, 1.54) is 17.2 Å². The summed E-state index contributed by atoms with van der Waals surface area (Å²) in [5.74, 6) is 0.957. The molecule has 158 valence electrons. The number of guanidine groups is 1. The van der Waals surface area contributed by atoms with Crippen LogP contribution in [0.2, 0.25) is 0 Å². The molecule has 0 saturated carbocycles. The Kier molecular flexibility index (Phi) is 9.76. The summed E-state index contributed by atoms with van der Waals surface area (Å²) in [7, 11) is -1.18. The van der Waals surface area contributed by atoms with Gasteiger partial charge in [-0.2, -0.15) is 0 Å². The predicted octanol–water partition coefficient (Wildman–Crippen LogP) is 3.28. The van der Waals surface area contributed by atoms with Gasteiger partial charge in [-0.25, -0.2) is 8.42 Å². The number of aliphatic imine (C=N–C) groups is 1. The second-order valence-corrected chi connectivity index (χ2v) is 10.1. The Morgan fingerprint density at radius 3 is 2.57 bits per heavy atom. The Morgan fingerprint density at radius 1 is 1.18 bits per heavy atom. The lowest BCUT2D eigenvalue weighted by Crippen LogP contribution is -2.42. The topological polar surface area (TPSA) is 75.5 Å². The first-order valence-corrected chi connectivity index (χ1v) is 11.4. The first-order valence-electron chi connectivity index (χ1n) is 9.36. The van der Waals surface area contributed by atoms with E-state index in [4.69, 9.17) is 0 Å². The van der Waals surface area contributed by atoms with Crippen molar-refractivity contribution >= 4 is 50.7 Å². The molecule has 0 amide bonds. The highest BCUT2D eigenvalue weighted by Crippen LogP contribution is 2.19. The fourth-order valence-corrected chi connectivity index (χ4v) is 3.81. The van der Waals surface area contributed by atoms with Gasteiger partial charge in [-0.1, -0.05) is 32.0 Å². The summed E-state index contributed by atoms with van der Waals surface area (Å²) < 4.78 is 25.0. The number of hydrogen-bond donors (Lipinski definition) is 2. The molecule has 8 heteroatoms. The second-order valence-electron chi connectivity index (χ2n) is 7.82. The van der Waals surface area contributed by atoms with Crippen LogP contribution in [0.4, 0.5) is 0 Å². The van der Waals surface area contributed by atoms with Crippen molar-refractivity contribution in [3.05, 3.63) is 36.5 Å². The van der Waals surface area contributed by atoms with Gasteiger partial charge in [0.15, 0.2) is 5.96 Å². The van der Waals surface area contributed by atoms with E-state index in [1.807, 2.05) is 0 Å². The Bertz CT molecular complexity index is 875. The van der Waals surface area contributed by atoms with Crippen molar-refractivity contribution in [1.29, 1.82) is 0 Å². The third-order valence-corrected chi connectivity index (χ3v) is 5.60. The van der Waals surface area contributed by atoms with Crippen LogP contribution in [-0.2, 0) is 16.4 Å². The van der Waals surface area contributed by atoms with E-state index in [9.17, 15) is 8.42 Å². The minimum absolute atomic E-state index is 0. The lowest BCUT2D eigenvalue weighted by molar-refractivity contribution is 0.348. The molecule has 2 N–H and O–H groups in total. The van der Waals surface area contributed by atoms with Crippen LogP contribution in [0.5, 0.6) is 0 Å². The fraction of sp³-hybridized carbons (Fsp3) is 0.550. The largest absolute Gasteiger partial charge is 0.356 e. The van der Waals surface area contributed by atoms with Gasteiger partial charge in [0, 0.05) is 44.7 Å². The average molecular weight is 520 g/mol. The molecule has 6 nitrogen and oxygen atoms in total. The monoisotopic (exact) mass is 520 g/mol. The summed E-state index contributed by atoms with van der Waals surface area (Å²) >= 11 is 0. The van der Waals surface area contributed by atoms with Crippen LogP contribution in [0, 0.1) is 5.41 Å². The third-order valence-electron chi connectivity index (χ3n) is 4.66. The Hall–Kier alpha value is -1.29. The van der Waals surface area contributed by atoms with Crippen LogP contribution in [0.25, 0.3) is 10.9 Å². The van der Waals surface area contributed by atoms with Crippen LogP contribution < -0.4 is 10.6 Å². The molecule has 0 atom stereocenters. The number of benzene rings is 1. The molecule has 0 fully saturated rings. The van der Waals surface area contributed by atoms with E-state index in [1.54, 1.807) is 7.05 Å². The number of aryl methyl sites for hydroxylation is 1. The molecule has 2 rings (SSSR count). The third kappa shape index (κ3) is 8.38. The molecule has 1 heterocycles. The molecular weight excluding hydrogens is 487 g/mol. The van der Waals surface area contributed by atoms with Crippen LogP contribution in [-0.4, -0.2) is 51.1 Å². The van der Waals surface area contributed by atoms with Crippen LogP contribution in [0.15, 0.2) is 41.5 Å². The number of halogens is 1. The highest BCUT2D eigenvalue weighted by atomic mass is 127. The van der Waals surface area contributed by atoms with Gasteiger partial charge in [0.1, 0.15) is 9.84 Å².